The van der Waals surface area contributed by atoms with Gasteiger partial charge < -0.3 is 15.7 Å². The van der Waals surface area contributed by atoms with Crippen LogP contribution in [0.5, 0.6) is 0 Å². The zero-order valence-electron chi connectivity index (χ0n) is 11.1. The molecule has 0 aliphatic carbocycles. The van der Waals surface area contributed by atoms with E-state index in [1.54, 1.807) is 12.1 Å². The van der Waals surface area contributed by atoms with Crippen LogP contribution in [0, 0.1) is 11.2 Å². The first-order valence-corrected chi connectivity index (χ1v) is 6.51. The number of nitrogens with zero attached hydrogens (tertiary/aromatic N) is 1. The van der Waals surface area contributed by atoms with E-state index in [0.29, 0.717) is 18.7 Å². The van der Waals surface area contributed by atoms with Crippen molar-refractivity contribution in [3.8, 4) is 0 Å². The van der Waals surface area contributed by atoms with Crippen molar-refractivity contribution < 1.29 is 9.50 Å². The number of hydrogen-bond donors (Lipinski definition) is 3. The van der Waals surface area contributed by atoms with Gasteiger partial charge in [-0.2, -0.15) is 0 Å². The molecule has 1 aliphatic rings. The van der Waals surface area contributed by atoms with Gasteiger partial charge in [0.2, 0.25) is 0 Å². The van der Waals surface area contributed by atoms with E-state index in [-0.39, 0.29) is 11.4 Å². The Morgan fingerprint density at radius 3 is 2.84 bits per heavy atom. The van der Waals surface area contributed by atoms with Crippen molar-refractivity contribution >= 4 is 11.5 Å². The summed E-state index contributed by atoms with van der Waals surface area (Å²) in [4.78, 5) is 2.00. The number of halogens is 1. The Morgan fingerprint density at radius 2 is 2.16 bits per heavy atom. The molecule has 1 aromatic rings. The number of nitrogens with one attached hydrogen (secondary N) is 1. The summed E-state index contributed by atoms with van der Waals surface area (Å²) in [5, 5.41) is 17.6. The van der Waals surface area contributed by atoms with E-state index in [1.165, 1.54) is 6.07 Å². The third-order valence-corrected chi connectivity index (χ3v) is 3.67. The van der Waals surface area contributed by atoms with Gasteiger partial charge in [0, 0.05) is 13.1 Å². The SMILES string of the molecule is CC1(O)CCCN(c2cccc(F)c2C(=N)N)CC1. The lowest BCUT2D eigenvalue weighted by Crippen LogP contribution is -2.30. The quantitative estimate of drug-likeness (QED) is 0.564. The lowest BCUT2D eigenvalue weighted by Gasteiger charge is -2.26. The third kappa shape index (κ3) is 3.04. The minimum Gasteiger partial charge on any atom is -0.390 e. The number of anilines is 1. The highest BCUT2D eigenvalue weighted by atomic mass is 19.1. The van der Waals surface area contributed by atoms with Crippen LogP contribution in [0.25, 0.3) is 0 Å². The van der Waals surface area contributed by atoms with E-state index in [0.717, 1.165) is 19.4 Å². The van der Waals surface area contributed by atoms with Gasteiger partial charge in [0.1, 0.15) is 11.7 Å². The standard InChI is InChI=1S/C14H20FN3O/c1-14(19)6-3-8-18(9-7-14)11-5-2-4-10(15)12(11)13(16)17/h2,4-5,19H,3,6-9H2,1H3,(H3,16,17). The van der Waals surface area contributed by atoms with E-state index in [9.17, 15) is 9.50 Å². The Labute approximate surface area is 112 Å². The summed E-state index contributed by atoms with van der Waals surface area (Å²) in [5.41, 5.74) is 5.61. The van der Waals surface area contributed by atoms with Crippen LogP contribution in [0.4, 0.5) is 10.1 Å². The molecule has 0 aromatic heterocycles. The zero-order chi connectivity index (χ0) is 14.0. The summed E-state index contributed by atoms with van der Waals surface area (Å²) in [6.45, 7) is 3.20. The van der Waals surface area contributed by atoms with Gasteiger partial charge in [-0.15, -0.1) is 0 Å². The van der Waals surface area contributed by atoms with Crippen LogP contribution < -0.4 is 10.6 Å². The fourth-order valence-electron chi connectivity index (χ4n) is 2.55. The zero-order valence-corrected chi connectivity index (χ0v) is 11.1. The van der Waals surface area contributed by atoms with E-state index >= 15 is 0 Å². The van der Waals surface area contributed by atoms with E-state index in [4.69, 9.17) is 11.1 Å². The molecule has 19 heavy (non-hydrogen) atoms. The Hall–Kier alpha value is -1.62. The van der Waals surface area contributed by atoms with Crippen molar-refractivity contribution in [2.75, 3.05) is 18.0 Å². The molecule has 0 saturated carbocycles. The van der Waals surface area contributed by atoms with E-state index in [1.807, 2.05) is 11.8 Å². The lowest BCUT2D eigenvalue weighted by atomic mass is 9.98. The first kappa shape index (κ1) is 13.8. The fourth-order valence-corrected chi connectivity index (χ4v) is 2.55. The van der Waals surface area contributed by atoms with Crippen molar-refractivity contribution in [2.45, 2.75) is 31.8 Å². The Morgan fingerprint density at radius 1 is 1.42 bits per heavy atom. The average molecular weight is 265 g/mol. The summed E-state index contributed by atoms with van der Waals surface area (Å²) >= 11 is 0. The average Bonchev–Trinajstić information content (AvgIpc) is 2.49. The molecule has 1 fully saturated rings. The van der Waals surface area contributed by atoms with Crippen LogP contribution in [0.1, 0.15) is 31.7 Å². The summed E-state index contributed by atoms with van der Waals surface area (Å²) in [5.74, 6) is -0.731. The number of rotatable bonds is 2. The number of aliphatic hydroxyl groups is 1. The number of nitrogens with two attached hydrogens (primary N) is 1. The first-order valence-electron chi connectivity index (χ1n) is 6.51. The van der Waals surface area contributed by atoms with Gasteiger partial charge >= 0.3 is 0 Å². The molecule has 1 aliphatic heterocycles. The van der Waals surface area contributed by atoms with E-state index in [2.05, 4.69) is 0 Å². The molecule has 1 atom stereocenters. The highest BCUT2D eigenvalue weighted by Crippen LogP contribution is 2.28. The molecule has 0 radical (unpaired) electrons. The summed E-state index contributed by atoms with van der Waals surface area (Å²) < 4.78 is 13.8. The smallest absolute Gasteiger partial charge is 0.136 e. The Kier molecular flexibility index (Phi) is 3.75. The predicted molar refractivity (Wildman–Crippen MR) is 74.1 cm³/mol. The molecular weight excluding hydrogens is 245 g/mol. The second kappa shape index (κ2) is 5.17. The maximum absolute atomic E-state index is 13.8. The van der Waals surface area contributed by atoms with Gasteiger partial charge in [0.15, 0.2) is 0 Å². The first-order chi connectivity index (χ1) is 8.91. The van der Waals surface area contributed by atoms with Crippen LogP contribution in [0.15, 0.2) is 18.2 Å². The monoisotopic (exact) mass is 265 g/mol. The molecule has 104 valence electrons. The molecule has 1 saturated heterocycles. The van der Waals surface area contributed by atoms with Crippen LogP contribution in [-0.2, 0) is 0 Å². The largest absolute Gasteiger partial charge is 0.390 e. The van der Waals surface area contributed by atoms with Crippen molar-refractivity contribution in [3.05, 3.63) is 29.6 Å². The molecule has 2 rings (SSSR count). The van der Waals surface area contributed by atoms with Crippen molar-refractivity contribution in [2.24, 2.45) is 5.73 Å². The van der Waals surface area contributed by atoms with Gasteiger partial charge in [0.05, 0.1) is 16.9 Å². The summed E-state index contributed by atoms with van der Waals surface area (Å²) in [6, 6.07) is 4.72. The summed E-state index contributed by atoms with van der Waals surface area (Å²) in [6.07, 6.45) is 2.19. The third-order valence-electron chi connectivity index (χ3n) is 3.67. The minimum absolute atomic E-state index is 0.157. The number of nitrogen functional groups attached to an aromatic ring is 1. The van der Waals surface area contributed by atoms with Crippen molar-refractivity contribution in [1.82, 2.24) is 0 Å². The Bertz CT molecular complexity index is 488. The molecule has 1 aromatic carbocycles. The highest BCUT2D eigenvalue weighted by molar-refractivity contribution is 6.00. The Balaban J connectivity index is 2.32. The highest BCUT2D eigenvalue weighted by Gasteiger charge is 2.26. The molecule has 1 heterocycles. The van der Waals surface area contributed by atoms with Gasteiger partial charge in [0.25, 0.3) is 0 Å². The van der Waals surface area contributed by atoms with Gasteiger partial charge in [-0.1, -0.05) is 6.07 Å². The van der Waals surface area contributed by atoms with E-state index < -0.39 is 11.4 Å². The van der Waals surface area contributed by atoms with Crippen LogP contribution in [0.2, 0.25) is 0 Å². The topological polar surface area (TPSA) is 73.3 Å². The fraction of sp³-hybridized carbons (Fsp3) is 0.500. The lowest BCUT2D eigenvalue weighted by molar-refractivity contribution is 0.0481. The van der Waals surface area contributed by atoms with Crippen molar-refractivity contribution in [1.29, 1.82) is 5.41 Å². The van der Waals surface area contributed by atoms with Gasteiger partial charge in [-0.05, 0) is 38.3 Å². The molecule has 0 spiro atoms. The van der Waals surface area contributed by atoms with Crippen molar-refractivity contribution in [3.63, 3.8) is 0 Å². The maximum atomic E-state index is 13.8. The molecule has 1 unspecified atom stereocenters. The van der Waals surface area contributed by atoms with Gasteiger partial charge in [-0.3, -0.25) is 5.41 Å². The van der Waals surface area contributed by atoms with Crippen LogP contribution in [-0.4, -0.2) is 29.6 Å². The molecule has 5 heteroatoms. The van der Waals surface area contributed by atoms with Crippen LogP contribution >= 0.6 is 0 Å². The van der Waals surface area contributed by atoms with Gasteiger partial charge in [-0.25, -0.2) is 4.39 Å². The number of benzene rings is 1. The summed E-state index contributed by atoms with van der Waals surface area (Å²) in [7, 11) is 0. The molecule has 0 amide bonds. The molecular formula is C14H20FN3O. The molecule has 0 bridgehead atoms. The number of hydrogen-bond acceptors (Lipinski definition) is 3. The minimum atomic E-state index is -0.668. The van der Waals surface area contributed by atoms with Crippen LogP contribution in [0.3, 0.4) is 0 Å². The number of amidine groups is 1. The molecule has 4 N–H and O–H groups in total. The predicted octanol–water partition coefficient (Wildman–Crippen LogP) is 1.85. The normalized spacial score (nSPS) is 24.1. The molecule has 4 nitrogen and oxygen atoms in total. The second-order valence-electron chi connectivity index (χ2n) is 5.39. The maximum Gasteiger partial charge on any atom is 0.136 e. The second-order valence-corrected chi connectivity index (χ2v) is 5.39.